The van der Waals surface area contributed by atoms with Crippen LogP contribution in [0, 0.1) is 0 Å². The highest BCUT2D eigenvalue weighted by atomic mass is 16.2. The zero-order chi connectivity index (χ0) is 17.5. The molecule has 126 valence electrons. The Morgan fingerprint density at radius 2 is 1.62 bits per heavy atom. The lowest BCUT2D eigenvalue weighted by atomic mass is 10.2. The molecule has 0 fully saturated rings. The number of anilines is 3. The number of hydrogen-bond donors (Lipinski definition) is 2. The molecule has 0 unspecified atom stereocenters. The normalized spacial score (nSPS) is 10.1. The van der Waals surface area contributed by atoms with Crippen LogP contribution >= 0.6 is 0 Å². The monoisotopic (exact) mass is 326 g/mol. The van der Waals surface area contributed by atoms with Gasteiger partial charge in [-0.05, 0) is 44.2 Å². The lowest BCUT2D eigenvalue weighted by molar-refractivity contribution is -0.114. The second-order valence-electron chi connectivity index (χ2n) is 5.32. The number of benzene rings is 1. The SMILES string of the molecule is CCN(CC)C(=O)c1cncc(Nc2ccc(NC(C)=O)cc2)c1. The molecule has 1 aromatic carbocycles. The van der Waals surface area contributed by atoms with Gasteiger partial charge in [0.2, 0.25) is 5.91 Å². The van der Waals surface area contributed by atoms with Gasteiger partial charge in [0.25, 0.3) is 5.91 Å². The molecule has 2 N–H and O–H groups in total. The summed E-state index contributed by atoms with van der Waals surface area (Å²) >= 11 is 0. The van der Waals surface area contributed by atoms with Gasteiger partial charge in [0.15, 0.2) is 0 Å². The van der Waals surface area contributed by atoms with Crippen molar-refractivity contribution in [1.82, 2.24) is 9.88 Å². The first-order valence-electron chi connectivity index (χ1n) is 7.92. The first-order chi connectivity index (χ1) is 11.5. The quantitative estimate of drug-likeness (QED) is 0.854. The molecule has 1 heterocycles. The molecule has 2 amide bonds. The van der Waals surface area contributed by atoms with Gasteiger partial charge in [0.05, 0.1) is 17.4 Å². The first-order valence-corrected chi connectivity index (χ1v) is 7.92. The van der Waals surface area contributed by atoms with E-state index in [4.69, 9.17) is 0 Å². The summed E-state index contributed by atoms with van der Waals surface area (Å²) in [6.07, 6.45) is 3.24. The molecule has 0 atom stereocenters. The van der Waals surface area contributed by atoms with E-state index in [0.29, 0.717) is 18.7 Å². The lowest BCUT2D eigenvalue weighted by Gasteiger charge is -2.18. The average Bonchev–Trinajstić information content (AvgIpc) is 2.57. The number of aromatic nitrogens is 1. The van der Waals surface area contributed by atoms with Gasteiger partial charge < -0.3 is 15.5 Å². The summed E-state index contributed by atoms with van der Waals surface area (Å²) < 4.78 is 0. The molecule has 2 aromatic rings. The maximum atomic E-state index is 12.4. The minimum atomic E-state index is -0.109. The summed E-state index contributed by atoms with van der Waals surface area (Å²) in [5.41, 5.74) is 2.87. The highest BCUT2D eigenvalue weighted by Gasteiger charge is 2.13. The highest BCUT2D eigenvalue weighted by molar-refractivity contribution is 5.95. The Morgan fingerprint density at radius 3 is 2.21 bits per heavy atom. The van der Waals surface area contributed by atoms with E-state index in [0.717, 1.165) is 17.1 Å². The van der Waals surface area contributed by atoms with Crippen molar-refractivity contribution in [2.45, 2.75) is 20.8 Å². The van der Waals surface area contributed by atoms with Crippen molar-refractivity contribution in [3.05, 3.63) is 48.3 Å². The smallest absolute Gasteiger partial charge is 0.255 e. The van der Waals surface area contributed by atoms with Gasteiger partial charge >= 0.3 is 0 Å². The maximum Gasteiger partial charge on any atom is 0.255 e. The molecule has 0 saturated heterocycles. The molecule has 6 nitrogen and oxygen atoms in total. The first kappa shape index (κ1) is 17.5. The van der Waals surface area contributed by atoms with Crippen LogP contribution in [0.1, 0.15) is 31.1 Å². The second kappa shape index (κ2) is 8.10. The zero-order valence-corrected chi connectivity index (χ0v) is 14.2. The molecule has 6 heteroatoms. The predicted octanol–water partition coefficient (Wildman–Crippen LogP) is 3.27. The third-order valence-electron chi connectivity index (χ3n) is 3.53. The van der Waals surface area contributed by atoms with Crippen LogP contribution < -0.4 is 10.6 Å². The fourth-order valence-corrected chi connectivity index (χ4v) is 2.33. The van der Waals surface area contributed by atoms with Crippen molar-refractivity contribution < 1.29 is 9.59 Å². The standard InChI is InChI=1S/C18H22N4O2/c1-4-22(5-2)18(24)14-10-17(12-19-11-14)21-16-8-6-15(7-9-16)20-13(3)23/h6-12,21H,4-5H2,1-3H3,(H,20,23). The van der Waals surface area contributed by atoms with Gasteiger partial charge in [0.1, 0.15) is 0 Å². The van der Waals surface area contributed by atoms with Crippen LogP contribution in [-0.2, 0) is 4.79 Å². The number of amides is 2. The van der Waals surface area contributed by atoms with E-state index in [1.54, 1.807) is 23.4 Å². The van der Waals surface area contributed by atoms with Crippen LogP contribution in [0.2, 0.25) is 0 Å². The minimum absolute atomic E-state index is 0.0304. The van der Waals surface area contributed by atoms with E-state index in [-0.39, 0.29) is 11.8 Å². The largest absolute Gasteiger partial charge is 0.354 e. The Hall–Kier alpha value is -2.89. The summed E-state index contributed by atoms with van der Waals surface area (Å²) in [5.74, 6) is -0.139. The topological polar surface area (TPSA) is 74.3 Å². The summed E-state index contributed by atoms with van der Waals surface area (Å²) in [5, 5.41) is 5.92. The van der Waals surface area contributed by atoms with Gasteiger partial charge in [-0.1, -0.05) is 0 Å². The molecular weight excluding hydrogens is 304 g/mol. The zero-order valence-electron chi connectivity index (χ0n) is 14.2. The molecule has 0 bridgehead atoms. The van der Waals surface area contributed by atoms with Crippen molar-refractivity contribution in [3.63, 3.8) is 0 Å². The van der Waals surface area contributed by atoms with Crippen molar-refractivity contribution >= 4 is 28.9 Å². The van der Waals surface area contributed by atoms with E-state index in [1.807, 2.05) is 38.1 Å². The third kappa shape index (κ3) is 4.55. The van der Waals surface area contributed by atoms with Gasteiger partial charge in [-0.3, -0.25) is 14.6 Å². The van der Waals surface area contributed by atoms with Crippen molar-refractivity contribution in [2.24, 2.45) is 0 Å². The summed E-state index contributed by atoms with van der Waals surface area (Å²) in [6, 6.07) is 9.10. The molecule has 0 aliphatic heterocycles. The number of carbonyl (C=O) groups excluding carboxylic acids is 2. The number of nitrogens with one attached hydrogen (secondary N) is 2. The summed E-state index contributed by atoms with van der Waals surface area (Å²) in [7, 11) is 0. The van der Waals surface area contributed by atoms with Crippen LogP contribution in [0.15, 0.2) is 42.7 Å². The van der Waals surface area contributed by atoms with Gasteiger partial charge in [-0.25, -0.2) is 0 Å². The molecule has 2 rings (SSSR count). The van der Waals surface area contributed by atoms with Crippen LogP contribution in [0.3, 0.4) is 0 Å². The van der Waals surface area contributed by atoms with E-state index in [1.165, 1.54) is 6.92 Å². The van der Waals surface area contributed by atoms with Crippen molar-refractivity contribution in [2.75, 3.05) is 23.7 Å². The van der Waals surface area contributed by atoms with Crippen LogP contribution in [0.5, 0.6) is 0 Å². The fourth-order valence-electron chi connectivity index (χ4n) is 2.33. The predicted molar refractivity (Wildman–Crippen MR) is 95.5 cm³/mol. The molecule has 24 heavy (non-hydrogen) atoms. The van der Waals surface area contributed by atoms with E-state index in [9.17, 15) is 9.59 Å². The summed E-state index contributed by atoms with van der Waals surface area (Å²) in [6.45, 7) is 6.70. The molecule has 0 spiro atoms. The van der Waals surface area contributed by atoms with Gasteiger partial charge in [-0.15, -0.1) is 0 Å². The highest BCUT2D eigenvalue weighted by Crippen LogP contribution is 2.19. The Kier molecular flexibility index (Phi) is 5.89. The van der Waals surface area contributed by atoms with Crippen LogP contribution in [0.4, 0.5) is 17.1 Å². The molecule has 0 aliphatic rings. The lowest BCUT2D eigenvalue weighted by Crippen LogP contribution is -2.30. The van der Waals surface area contributed by atoms with Crippen LogP contribution in [0.25, 0.3) is 0 Å². The van der Waals surface area contributed by atoms with Gasteiger partial charge in [-0.2, -0.15) is 0 Å². The maximum absolute atomic E-state index is 12.4. The molecule has 0 radical (unpaired) electrons. The Labute approximate surface area is 141 Å². The number of nitrogens with zero attached hydrogens (tertiary/aromatic N) is 2. The van der Waals surface area contributed by atoms with Crippen molar-refractivity contribution in [3.8, 4) is 0 Å². The van der Waals surface area contributed by atoms with E-state index < -0.39 is 0 Å². The van der Waals surface area contributed by atoms with Crippen molar-refractivity contribution in [1.29, 1.82) is 0 Å². The molecule has 0 aliphatic carbocycles. The number of hydrogen-bond acceptors (Lipinski definition) is 4. The van der Waals surface area contributed by atoms with Crippen LogP contribution in [-0.4, -0.2) is 34.8 Å². The Bertz CT molecular complexity index is 709. The molecule has 0 saturated carbocycles. The summed E-state index contributed by atoms with van der Waals surface area (Å²) in [4.78, 5) is 29.3. The average molecular weight is 326 g/mol. The Balaban J connectivity index is 2.11. The molecular formula is C18H22N4O2. The third-order valence-corrected chi connectivity index (χ3v) is 3.53. The minimum Gasteiger partial charge on any atom is -0.354 e. The number of pyridine rings is 1. The van der Waals surface area contributed by atoms with Gasteiger partial charge in [0, 0.05) is 37.6 Å². The van der Waals surface area contributed by atoms with E-state index >= 15 is 0 Å². The number of carbonyl (C=O) groups is 2. The second-order valence-corrected chi connectivity index (χ2v) is 5.32. The number of rotatable bonds is 6. The fraction of sp³-hybridized carbons (Fsp3) is 0.278. The Morgan fingerprint density at radius 1 is 1.00 bits per heavy atom. The van der Waals surface area contributed by atoms with E-state index in [2.05, 4.69) is 15.6 Å². The molecule has 1 aromatic heterocycles.